The standard InChI is InChI=1S/C43H63N15O8.ClH/c1-3-23-64-25-27-66-28-26-65-24-13-45-41-46-42(48-43(47-41)56-20-16-54(17-21-56)40(63)38(32(2)60)58-31-34(49-52-58)6-4-5-12-44)55-18-14-53(15-19-55)39(62)37(29-33-7-9-36(61)10-8-33)57-30-35(11-22-59)50-51-57;/h1,7-10,30-32,37-38,59-61H,4-6,11-29,44H2,2H3,(H,45,46,47,48);1H. The minimum absolute atomic E-state index is 0. The van der Waals surface area contributed by atoms with Crippen LogP contribution in [0.25, 0.3) is 0 Å². The van der Waals surface area contributed by atoms with Gasteiger partial charge in [-0.1, -0.05) is 28.5 Å². The molecule has 3 aromatic heterocycles. The zero-order valence-electron chi connectivity index (χ0n) is 38.1. The Kier molecular flexibility index (Phi) is 21.2. The molecule has 67 heavy (non-hydrogen) atoms. The van der Waals surface area contributed by atoms with Crippen LogP contribution < -0.4 is 33.3 Å². The Morgan fingerprint density at radius 1 is 0.791 bits per heavy atom. The highest BCUT2D eigenvalue weighted by molar-refractivity contribution is 5.81. The van der Waals surface area contributed by atoms with E-state index in [0.717, 1.165) is 37.1 Å². The van der Waals surface area contributed by atoms with Crippen molar-refractivity contribution >= 4 is 29.7 Å². The third kappa shape index (κ3) is 15.4. The Bertz CT molecular complexity index is 2140. The Labute approximate surface area is 396 Å². The SMILES string of the molecule is C#CCOCCOCCOCCNc1nc(N2CCN(C(=O)C(Cc3ccc(O)cc3)n3cc(CCO)nn3)CC2)nc(N2CCN(C(=O)C(C(C)O)n3cc(CCCC[NH3+])nn3)CC2)n1.[Cl-]. The molecule has 6 rings (SSSR count). The smallest absolute Gasteiger partial charge is 0.250 e. The van der Waals surface area contributed by atoms with E-state index >= 15 is 0 Å². The summed E-state index contributed by atoms with van der Waals surface area (Å²) in [6.07, 6.45) is 10.9. The number of aryl methyl sites for hydroxylation is 1. The summed E-state index contributed by atoms with van der Waals surface area (Å²) >= 11 is 0. The van der Waals surface area contributed by atoms with E-state index in [1.807, 2.05) is 9.80 Å². The first kappa shape index (κ1) is 52.2. The number of anilines is 3. The number of aliphatic hydroxyl groups excluding tert-OH is 2. The number of piperazine rings is 2. The van der Waals surface area contributed by atoms with Gasteiger partial charge in [-0.25, -0.2) is 9.36 Å². The molecule has 0 radical (unpaired) electrons. The summed E-state index contributed by atoms with van der Waals surface area (Å²) in [4.78, 5) is 50.2. The Morgan fingerprint density at radius 3 is 1.96 bits per heavy atom. The number of terminal acetylenes is 1. The summed E-state index contributed by atoms with van der Waals surface area (Å²) in [6, 6.07) is 5.10. The molecular formula is C43H64ClN15O8. The molecule has 0 aliphatic carbocycles. The number of unbranched alkanes of at least 4 members (excludes halogenated alkanes) is 1. The molecule has 2 amide bonds. The first-order valence-electron chi connectivity index (χ1n) is 22.6. The van der Waals surface area contributed by atoms with Crippen LogP contribution in [-0.4, -0.2) is 200 Å². The molecule has 5 heterocycles. The molecule has 24 heteroatoms. The molecule has 3 atom stereocenters. The van der Waals surface area contributed by atoms with Crippen LogP contribution in [0.15, 0.2) is 36.7 Å². The maximum absolute atomic E-state index is 14.2. The topological polar surface area (TPSA) is 275 Å². The van der Waals surface area contributed by atoms with Crippen molar-refractivity contribution < 1.29 is 57.3 Å². The van der Waals surface area contributed by atoms with Gasteiger partial charge in [0.25, 0.3) is 0 Å². The normalized spacial score (nSPS) is 15.4. The number of carbonyl (C=O) groups excluding carboxylic acids is 2. The lowest BCUT2D eigenvalue weighted by molar-refractivity contribution is -0.368. The van der Waals surface area contributed by atoms with E-state index < -0.39 is 18.2 Å². The number of hydrogen-bond donors (Lipinski definition) is 5. The average molecular weight is 955 g/mol. The first-order chi connectivity index (χ1) is 32.2. The number of hydrogen-bond acceptors (Lipinski definition) is 18. The largest absolute Gasteiger partial charge is 1.00 e. The van der Waals surface area contributed by atoms with Crippen LogP contribution in [0.3, 0.4) is 0 Å². The van der Waals surface area contributed by atoms with Crippen molar-refractivity contribution in [1.29, 1.82) is 0 Å². The predicted octanol–water partition coefficient (Wildman–Crippen LogP) is -4.64. The second-order valence-electron chi connectivity index (χ2n) is 16.0. The number of phenolic OH excluding ortho intramolecular Hbond substituents is 1. The van der Waals surface area contributed by atoms with E-state index in [4.69, 9.17) is 35.6 Å². The third-order valence-electron chi connectivity index (χ3n) is 11.2. The van der Waals surface area contributed by atoms with Crippen LogP contribution in [0.1, 0.15) is 48.8 Å². The molecule has 23 nitrogen and oxygen atoms in total. The second kappa shape index (κ2) is 27.2. The summed E-state index contributed by atoms with van der Waals surface area (Å²) in [5, 5.41) is 50.2. The van der Waals surface area contributed by atoms with Crippen molar-refractivity contribution in [2.45, 2.75) is 57.2 Å². The summed E-state index contributed by atoms with van der Waals surface area (Å²) < 4.78 is 19.5. The lowest BCUT2D eigenvalue weighted by atomic mass is 10.0. The van der Waals surface area contributed by atoms with Crippen molar-refractivity contribution in [1.82, 2.24) is 54.7 Å². The van der Waals surface area contributed by atoms with Gasteiger partial charge in [-0.05, 0) is 43.9 Å². The molecule has 2 aliphatic rings. The van der Waals surface area contributed by atoms with E-state index in [2.05, 4.69) is 37.6 Å². The molecule has 0 spiro atoms. The van der Waals surface area contributed by atoms with Crippen LogP contribution in [-0.2, 0) is 43.1 Å². The molecule has 4 aromatic rings. The van der Waals surface area contributed by atoms with Crippen molar-refractivity contribution in [3.05, 3.63) is 53.6 Å². The number of rotatable bonds is 26. The molecule has 2 saturated heterocycles. The lowest BCUT2D eigenvalue weighted by Crippen LogP contribution is -3.00. The van der Waals surface area contributed by atoms with Gasteiger partial charge in [-0.15, -0.1) is 16.6 Å². The van der Waals surface area contributed by atoms with Gasteiger partial charge in [0.1, 0.15) is 18.4 Å². The second-order valence-corrected chi connectivity index (χ2v) is 16.0. The van der Waals surface area contributed by atoms with Gasteiger partial charge in [-0.2, -0.15) is 15.0 Å². The zero-order chi connectivity index (χ0) is 46.7. The minimum Gasteiger partial charge on any atom is -1.00 e. The molecule has 3 unspecified atom stereocenters. The number of carbonyl (C=O) groups is 2. The average Bonchev–Trinajstić information content (AvgIpc) is 4.00. The van der Waals surface area contributed by atoms with E-state index in [1.165, 1.54) is 4.68 Å². The summed E-state index contributed by atoms with van der Waals surface area (Å²) in [5.41, 5.74) is 6.08. The van der Waals surface area contributed by atoms with Crippen LogP contribution in [0.2, 0.25) is 0 Å². The van der Waals surface area contributed by atoms with Gasteiger partial charge >= 0.3 is 0 Å². The van der Waals surface area contributed by atoms with Gasteiger partial charge < -0.3 is 72.6 Å². The number of nitrogens with zero attached hydrogens (tertiary/aromatic N) is 13. The minimum atomic E-state index is -0.992. The Morgan fingerprint density at radius 2 is 1.36 bits per heavy atom. The quantitative estimate of drug-likeness (QED) is 0.0293. The maximum atomic E-state index is 14.2. The van der Waals surface area contributed by atoms with E-state index in [-0.39, 0.29) is 43.2 Å². The van der Waals surface area contributed by atoms with E-state index in [1.54, 1.807) is 58.1 Å². The number of aromatic nitrogens is 9. The fraction of sp³-hybridized carbons (Fsp3) is 0.605. The van der Waals surface area contributed by atoms with E-state index in [9.17, 15) is 24.9 Å². The number of phenols is 1. The fourth-order valence-corrected chi connectivity index (χ4v) is 7.60. The number of ether oxygens (including phenoxy) is 3. The van der Waals surface area contributed by atoms with Crippen molar-refractivity contribution in [3.8, 4) is 18.1 Å². The van der Waals surface area contributed by atoms with Gasteiger partial charge in [0.05, 0.1) is 57.1 Å². The highest BCUT2D eigenvalue weighted by Gasteiger charge is 2.35. The Balaban J connectivity index is 0.00000840. The highest BCUT2D eigenvalue weighted by atomic mass is 35.5. The van der Waals surface area contributed by atoms with Gasteiger partial charge in [0.15, 0.2) is 6.04 Å². The van der Waals surface area contributed by atoms with Crippen molar-refractivity contribution in [2.24, 2.45) is 0 Å². The first-order valence-corrected chi connectivity index (χ1v) is 22.6. The zero-order valence-corrected chi connectivity index (χ0v) is 38.9. The summed E-state index contributed by atoms with van der Waals surface area (Å²) in [6.45, 7) is 8.18. The predicted molar refractivity (Wildman–Crippen MR) is 240 cm³/mol. The number of benzene rings is 1. The molecular weight excluding hydrogens is 890 g/mol. The third-order valence-corrected chi connectivity index (χ3v) is 11.2. The number of amides is 2. The highest BCUT2D eigenvalue weighted by Crippen LogP contribution is 2.24. The number of quaternary nitrogens is 1. The van der Waals surface area contributed by atoms with Gasteiger partial charge in [0.2, 0.25) is 29.7 Å². The molecule has 7 N–H and O–H groups in total. The maximum Gasteiger partial charge on any atom is 0.250 e. The molecule has 1 aromatic carbocycles. The van der Waals surface area contributed by atoms with Crippen LogP contribution in [0.4, 0.5) is 17.8 Å². The monoisotopic (exact) mass is 953 g/mol. The summed E-state index contributed by atoms with van der Waals surface area (Å²) in [7, 11) is 0. The fourth-order valence-electron chi connectivity index (χ4n) is 7.60. The van der Waals surface area contributed by atoms with Crippen molar-refractivity contribution in [2.75, 3.05) is 127 Å². The van der Waals surface area contributed by atoms with Crippen LogP contribution in [0.5, 0.6) is 5.75 Å². The number of aliphatic hydroxyl groups is 2. The summed E-state index contributed by atoms with van der Waals surface area (Å²) in [5.74, 6) is 3.39. The molecule has 2 aliphatic heterocycles. The lowest BCUT2D eigenvalue weighted by Gasteiger charge is -2.38. The van der Waals surface area contributed by atoms with Gasteiger partial charge in [-0.3, -0.25) is 9.59 Å². The van der Waals surface area contributed by atoms with E-state index in [0.29, 0.717) is 128 Å². The van der Waals surface area contributed by atoms with Crippen molar-refractivity contribution in [3.63, 3.8) is 0 Å². The van der Waals surface area contributed by atoms with Gasteiger partial charge in [0, 0.05) is 90.7 Å². The molecule has 0 saturated carbocycles. The van der Waals surface area contributed by atoms with Crippen LogP contribution >= 0.6 is 0 Å². The van der Waals surface area contributed by atoms with Crippen LogP contribution in [0, 0.1) is 12.3 Å². The molecule has 0 bridgehead atoms. The molecule has 2 fully saturated rings. The number of halogens is 1. The molecule has 366 valence electrons. The Hall–Kier alpha value is -5.74. The number of nitrogens with one attached hydrogen (secondary N) is 1. The number of aromatic hydroxyl groups is 1.